The number of rotatable bonds is 7. The van der Waals surface area contributed by atoms with Crippen LogP contribution in [-0.4, -0.2) is 60.9 Å². The molecule has 146 valence electrons. The third-order valence-corrected chi connectivity index (χ3v) is 6.01. The van der Waals surface area contributed by atoms with Crippen molar-refractivity contribution in [2.75, 3.05) is 13.7 Å². The normalized spacial score (nSPS) is 32.4. The van der Waals surface area contributed by atoms with Gasteiger partial charge in [0.25, 0.3) is 0 Å². The van der Waals surface area contributed by atoms with E-state index in [9.17, 15) is 9.59 Å². The monoisotopic (exact) mass is 373 g/mol. The van der Waals surface area contributed by atoms with Gasteiger partial charge in [0, 0.05) is 31.3 Å². The Morgan fingerprint density at radius 2 is 1.85 bits per heavy atom. The lowest BCUT2D eigenvalue weighted by molar-refractivity contribution is -0.159. The summed E-state index contributed by atoms with van der Waals surface area (Å²) in [6, 6.07) is 10.1. The molecule has 3 aliphatic heterocycles. The van der Waals surface area contributed by atoms with Gasteiger partial charge in [-0.05, 0) is 19.0 Å². The molecule has 3 heterocycles. The molecule has 6 heteroatoms. The molecule has 0 radical (unpaired) electrons. The maximum Gasteiger partial charge on any atom is 0.317 e. The van der Waals surface area contributed by atoms with Crippen molar-refractivity contribution >= 4 is 11.9 Å². The zero-order valence-corrected chi connectivity index (χ0v) is 15.9. The molecule has 2 bridgehead atoms. The van der Waals surface area contributed by atoms with Crippen LogP contribution in [0.1, 0.15) is 44.1 Å². The second-order valence-electron chi connectivity index (χ2n) is 7.79. The number of epoxide rings is 1. The minimum absolute atomic E-state index is 0.0233. The van der Waals surface area contributed by atoms with Gasteiger partial charge in [-0.1, -0.05) is 37.3 Å². The van der Waals surface area contributed by atoms with Crippen molar-refractivity contribution in [3.05, 3.63) is 35.9 Å². The van der Waals surface area contributed by atoms with Crippen LogP contribution < -0.4 is 0 Å². The number of nitrogens with zero attached hydrogens (tertiary/aromatic N) is 1. The van der Waals surface area contributed by atoms with Crippen LogP contribution in [0, 0.1) is 0 Å². The quantitative estimate of drug-likeness (QED) is 0.539. The number of benzene rings is 1. The lowest BCUT2D eigenvalue weighted by Gasteiger charge is -2.38. The largest absolute Gasteiger partial charge is 0.464 e. The van der Waals surface area contributed by atoms with Crippen molar-refractivity contribution in [1.29, 1.82) is 0 Å². The van der Waals surface area contributed by atoms with Gasteiger partial charge in [-0.15, -0.1) is 0 Å². The van der Waals surface area contributed by atoms with E-state index in [-0.39, 0.29) is 24.6 Å². The van der Waals surface area contributed by atoms with E-state index in [1.54, 1.807) is 0 Å². The Bertz CT molecular complexity index is 675. The first kappa shape index (κ1) is 18.4. The predicted octanol–water partition coefficient (Wildman–Crippen LogP) is 2.27. The number of piperidine rings is 1. The van der Waals surface area contributed by atoms with E-state index in [1.165, 1.54) is 0 Å². The van der Waals surface area contributed by atoms with Gasteiger partial charge in [-0.25, -0.2) is 0 Å². The molecule has 3 fully saturated rings. The number of likely N-dealkylation sites (N-methyl/N-ethyl adjacent to an activating group) is 1. The summed E-state index contributed by atoms with van der Waals surface area (Å²) < 4.78 is 16.9. The van der Waals surface area contributed by atoms with E-state index in [4.69, 9.17) is 14.2 Å². The van der Waals surface area contributed by atoms with Crippen molar-refractivity contribution in [2.45, 2.75) is 68.9 Å². The molecule has 1 aromatic carbocycles. The molecule has 0 aromatic heterocycles. The maximum atomic E-state index is 12.9. The third kappa shape index (κ3) is 3.73. The van der Waals surface area contributed by atoms with E-state index >= 15 is 0 Å². The lowest BCUT2D eigenvalue weighted by Crippen LogP contribution is -2.48. The first-order chi connectivity index (χ1) is 13.1. The molecule has 1 aromatic rings. The summed E-state index contributed by atoms with van der Waals surface area (Å²) in [6.45, 7) is 1.95. The summed E-state index contributed by atoms with van der Waals surface area (Å²) in [6.07, 6.45) is 3.21. The van der Waals surface area contributed by atoms with Gasteiger partial charge in [0.05, 0.1) is 0 Å². The van der Waals surface area contributed by atoms with Gasteiger partial charge < -0.3 is 14.2 Å². The fourth-order valence-corrected chi connectivity index (χ4v) is 4.48. The van der Waals surface area contributed by atoms with E-state index in [2.05, 4.69) is 11.9 Å². The molecule has 3 saturated heterocycles. The highest BCUT2D eigenvalue weighted by atomic mass is 16.6. The van der Waals surface area contributed by atoms with Gasteiger partial charge in [0.2, 0.25) is 0 Å². The van der Waals surface area contributed by atoms with Crippen molar-refractivity contribution in [2.24, 2.45) is 0 Å². The van der Waals surface area contributed by atoms with Crippen LogP contribution in [-0.2, 0) is 23.8 Å². The molecular weight excluding hydrogens is 346 g/mol. The number of carbonyl (C=O) groups is 2. The maximum absolute atomic E-state index is 12.9. The third-order valence-electron chi connectivity index (χ3n) is 6.01. The van der Waals surface area contributed by atoms with Gasteiger partial charge >= 0.3 is 11.9 Å². The molecule has 6 nitrogen and oxygen atoms in total. The van der Waals surface area contributed by atoms with Gasteiger partial charge in [0.15, 0.2) is 0 Å². The first-order valence-electron chi connectivity index (χ1n) is 9.87. The summed E-state index contributed by atoms with van der Waals surface area (Å²) in [5.41, 5.74) is 0.814. The highest BCUT2D eigenvalue weighted by Gasteiger charge is 2.62. The van der Waals surface area contributed by atoms with Crippen LogP contribution in [0.25, 0.3) is 0 Å². The molecule has 3 aliphatic rings. The molecule has 4 rings (SSSR count). The average molecular weight is 373 g/mol. The van der Waals surface area contributed by atoms with Crippen LogP contribution in [0.4, 0.5) is 0 Å². The van der Waals surface area contributed by atoms with Crippen molar-refractivity contribution < 1.29 is 23.8 Å². The van der Waals surface area contributed by atoms with Crippen LogP contribution in [0.5, 0.6) is 0 Å². The Morgan fingerprint density at radius 1 is 1.19 bits per heavy atom. The molecular formula is C21H27NO5. The van der Waals surface area contributed by atoms with E-state index in [0.29, 0.717) is 30.7 Å². The molecule has 0 aliphatic carbocycles. The molecule has 5 unspecified atom stereocenters. The highest BCUT2D eigenvalue weighted by Crippen LogP contribution is 2.48. The topological polar surface area (TPSA) is 68.4 Å². The number of hydrogen-bond acceptors (Lipinski definition) is 6. The minimum atomic E-state index is -0.588. The highest BCUT2D eigenvalue weighted by molar-refractivity contribution is 5.79. The first-order valence-corrected chi connectivity index (χ1v) is 9.87. The van der Waals surface area contributed by atoms with Crippen molar-refractivity contribution in [1.82, 2.24) is 4.90 Å². The summed E-state index contributed by atoms with van der Waals surface area (Å²) in [5, 5.41) is 0. The Balaban J connectivity index is 1.40. The fourth-order valence-electron chi connectivity index (χ4n) is 4.48. The summed E-state index contributed by atoms with van der Waals surface area (Å²) >= 11 is 0. The van der Waals surface area contributed by atoms with Crippen LogP contribution >= 0.6 is 0 Å². The van der Waals surface area contributed by atoms with Crippen molar-refractivity contribution in [3.8, 4) is 0 Å². The van der Waals surface area contributed by atoms with Crippen LogP contribution in [0.3, 0.4) is 0 Å². The molecule has 27 heavy (non-hydrogen) atoms. The van der Waals surface area contributed by atoms with Gasteiger partial charge in [-0.3, -0.25) is 14.5 Å². The second-order valence-corrected chi connectivity index (χ2v) is 7.79. The Hall–Kier alpha value is -1.92. The molecule has 0 amide bonds. The van der Waals surface area contributed by atoms with Crippen LogP contribution in [0.15, 0.2) is 30.3 Å². The Morgan fingerprint density at radius 3 is 2.48 bits per heavy atom. The molecule has 0 N–H and O–H groups in total. The Kier molecular flexibility index (Phi) is 5.19. The van der Waals surface area contributed by atoms with E-state index in [0.717, 1.165) is 24.8 Å². The standard InChI is InChI=1S/C21H27NO5/c1-3-7-18(23)25-12-15(13-8-5-4-6-9-13)21(24)26-14-10-16-19-20(27-19)17(11-14)22(16)2/h4-6,8-9,14-17,19-20H,3,7,10-12H2,1-2H3. The summed E-state index contributed by atoms with van der Waals surface area (Å²) in [4.78, 5) is 27.1. The van der Waals surface area contributed by atoms with Gasteiger partial charge in [0.1, 0.15) is 30.8 Å². The SMILES string of the molecule is CCCC(=O)OCC(C(=O)OC1CC2C3OC3C(C1)N2C)c1ccccc1. The minimum Gasteiger partial charge on any atom is -0.464 e. The zero-order chi connectivity index (χ0) is 19.0. The fraction of sp³-hybridized carbons (Fsp3) is 0.619. The Labute approximate surface area is 159 Å². The average Bonchev–Trinajstić information content (AvgIpc) is 3.41. The second kappa shape index (κ2) is 7.60. The smallest absolute Gasteiger partial charge is 0.317 e. The summed E-state index contributed by atoms with van der Waals surface area (Å²) in [5.74, 6) is -1.18. The van der Waals surface area contributed by atoms with Crippen molar-refractivity contribution in [3.63, 3.8) is 0 Å². The number of carbonyl (C=O) groups excluding carboxylic acids is 2. The number of fused-ring (bicyclic) bond motifs is 5. The predicted molar refractivity (Wildman–Crippen MR) is 98.2 cm³/mol. The number of esters is 2. The molecule has 5 atom stereocenters. The van der Waals surface area contributed by atoms with E-state index in [1.807, 2.05) is 37.3 Å². The summed E-state index contributed by atoms with van der Waals surface area (Å²) in [7, 11) is 2.13. The molecule has 0 spiro atoms. The van der Waals surface area contributed by atoms with Gasteiger partial charge in [-0.2, -0.15) is 0 Å². The lowest BCUT2D eigenvalue weighted by atomic mass is 9.97. The van der Waals surface area contributed by atoms with E-state index < -0.39 is 5.92 Å². The van der Waals surface area contributed by atoms with Crippen LogP contribution in [0.2, 0.25) is 0 Å². The molecule has 0 saturated carbocycles. The number of hydrogen-bond donors (Lipinski definition) is 0. The number of morpholine rings is 1. The zero-order valence-electron chi connectivity index (χ0n) is 15.9. The number of ether oxygens (including phenoxy) is 3.